The Labute approximate surface area is 329 Å². The number of furan rings is 2. The Morgan fingerprint density at radius 2 is 0.929 bits per heavy atom. The highest BCUT2D eigenvalue weighted by Crippen LogP contribution is 2.47. The van der Waals surface area contributed by atoms with E-state index in [1.54, 1.807) is 0 Å². The molecule has 0 atom stereocenters. The molecule has 0 saturated heterocycles. The highest BCUT2D eigenvalue weighted by atomic mass is 16.3. The van der Waals surface area contributed by atoms with Gasteiger partial charge < -0.3 is 8.83 Å². The van der Waals surface area contributed by atoms with Crippen molar-refractivity contribution in [1.82, 2.24) is 0 Å². The van der Waals surface area contributed by atoms with Crippen LogP contribution in [0.2, 0.25) is 0 Å². The van der Waals surface area contributed by atoms with Crippen LogP contribution < -0.4 is 0 Å². The van der Waals surface area contributed by atoms with Gasteiger partial charge in [-0.25, -0.2) is 0 Å². The molecular weight excluding hydrogens is 681 g/mol. The zero-order valence-electron chi connectivity index (χ0n) is 34.9. The minimum Gasteiger partial charge on any atom is -0.456 e. The van der Waals surface area contributed by atoms with E-state index in [4.69, 9.17) is 15.7 Å². The Morgan fingerprint density at radius 1 is 0.339 bits per heavy atom. The highest BCUT2D eigenvalue weighted by Gasteiger charge is 2.21. The van der Waals surface area contributed by atoms with E-state index in [1.165, 1.54) is 0 Å². The Hall–Kier alpha value is -7.42. The van der Waals surface area contributed by atoms with Crippen LogP contribution in [-0.4, -0.2) is 0 Å². The van der Waals surface area contributed by atoms with Gasteiger partial charge in [-0.3, -0.25) is 0 Å². The molecule has 12 rings (SSSR count). The zero-order valence-corrected chi connectivity index (χ0v) is 29.9. The number of rotatable bonds is 4. The van der Waals surface area contributed by atoms with Gasteiger partial charge in [-0.2, -0.15) is 0 Å². The number of hydrogen-bond acceptors (Lipinski definition) is 2. The first-order chi connectivity index (χ1) is 29.9. The van der Waals surface area contributed by atoms with Crippen LogP contribution in [0.25, 0.3) is 121 Å². The lowest BCUT2D eigenvalue weighted by molar-refractivity contribution is 0.668. The zero-order chi connectivity index (χ0) is 41.1. The van der Waals surface area contributed by atoms with Gasteiger partial charge in [0.25, 0.3) is 0 Å². The molecule has 2 aromatic heterocycles. The molecule has 10 aromatic carbocycles. The number of hydrogen-bond donors (Lipinski definition) is 0. The van der Waals surface area contributed by atoms with E-state index in [9.17, 15) is 0 Å². The van der Waals surface area contributed by atoms with Gasteiger partial charge in [0, 0.05) is 27.1 Å². The average molecular weight is 718 g/mol. The Balaban J connectivity index is 1.13. The summed E-state index contributed by atoms with van der Waals surface area (Å²) in [6, 6.07) is 54.5. The molecule has 56 heavy (non-hydrogen) atoms. The van der Waals surface area contributed by atoms with Crippen molar-refractivity contribution in [2.75, 3.05) is 0 Å². The molecule has 2 nitrogen and oxygen atoms in total. The lowest BCUT2D eigenvalue weighted by Gasteiger charge is -2.19. The second-order valence-corrected chi connectivity index (χ2v) is 14.4. The fourth-order valence-electron chi connectivity index (χ4n) is 8.95. The summed E-state index contributed by atoms with van der Waals surface area (Å²) in [5.41, 5.74) is 10.2. The molecule has 0 saturated carbocycles. The van der Waals surface area contributed by atoms with Crippen LogP contribution in [0.1, 0.15) is 6.85 Å². The van der Waals surface area contributed by atoms with E-state index in [0.717, 1.165) is 110 Å². The van der Waals surface area contributed by atoms with E-state index in [2.05, 4.69) is 103 Å². The molecule has 0 bridgehead atoms. The van der Waals surface area contributed by atoms with Gasteiger partial charge in [0.15, 0.2) is 0 Å². The van der Waals surface area contributed by atoms with Crippen molar-refractivity contribution in [1.29, 1.82) is 0 Å². The van der Waals surface area contributed by atoms with E-state index in [0.29, 0.717) is 5.56 Å². The van der Waals surface area contributed by atoms with Crippen molar-refractivity contribution in [3.63, 3.8) is 0 Å². The molecule has 0 aliphatic heterocycles. The molecule has 0 aliphatic carbocycles. The van der Waals surface area contributed by atoms with Crippen LogP contribution >= 0.6 is 0 Å². The fraction of sp³-hybridized carbons (Fsp3) is 0. The van der Waals surface area contributed by atoms with Crippen LogP contribution in [0, 0.1) is 0 Å². The molecule has 12 aromatic rings. The third-order valence-corrected chi connectivity index (χ3v) is 11.3. The van der Waals surface area contributed by atoms with Crippen molar-refractivity contribution >= 4 is 76.2 Å². The summed E-state index contributed by atoms with van der Waals surface area (Å²) in [4.78, 5) is 0. The minimum absolute atomic E-state index is 0.193. The lowest BCUT2D eigenvalue weighted by atomic mass is 9.84. The molecule has 0 amide bonds. The van der Waals surface area contributed by atoms with Gasteiger partial charge in [0.05, 0.1) is 6.85 Å². The van der Waals surface area contributed by atoms with Gasteiger partial charge in [-0.15, -0.1) is 0 Å². The van der Waals surface area contributed by atoms with Crippen LogP contribution in [-0.2, 0) is 0 Å². The van der Waals surface area contributed by atoms with E-state index in [1.807, 2.05) is 60.7 Å². The molecule has 0 radical (unpaired) electrons. The van der Waals surface area contributed by atoms with Gasteiger partial charge in [0.2, 0.25) is 0 Å². The second kappa shape index (κ2) is 12.0. The number of fused-ring (bicyclic) bond motifs is 9. The van der Waals surface area contributed by atoms with Gasteiger partial charge in [-0.1, -0.05) is 158 Å². The maximum Gasteiger partial charge on any atom is 0.143 e. The monoisotopic (exact) mass is 717 g/mol. The summed E-state index contributed by atoms with van der Waals surface area (Å²) in [5.74, 6) is 0. The summed E-state index contributed by atoms with van der Waals surface area (Å²) in [5, 5.41) is 9.80. The average Bonchev–Trinajstić information content (AvgIpc) is 3.88. The molecule has 0 aliphatic rings. The van der Waals surface area contributed by atoms with Crippen LogP contribution in [0.4, 0.5) is 0 Å². The van der Waals surface area contributed by atoms with E-state index in [-0.39, 0.29) is 29.7 Å². The van der Waals surface area contributed by atoms with Crippen molar-refractivity contribution in [3.05, 3.63) is 194 Å². The molecule has 260 valence electrons. The maximum absolute atomic E-state index is 9.00. The first kappa shape index (κ1) is 26.4. The summed E-state index contributed by atoms with van der Waals surface area (Å²) in [7, 11) is 0. The van der Waals surface area contributed by atoms with Crippen LogP contribution in [0.3, 0.4) is 0 Å². The van der Waals surface area contributed by atoms with E-state index >= 15 is 0 Å². The molecule has 0 unspecified atom stereocenters. The SMILES string of the molecule is [2H]c1c([2H])c([2H])c(-c2c3ccccc3c(-c3cc(-c4cccc5oc6ccc(-c7cccc8c7oc7ccccc78)cc6c45)c4ccccc4c3)c3ccccc23)c([2H])c1[2H]. The third-order valence-electron chi connectivity index (χ3n) is 11.3. The topological polar surface area (TPSA) is 26.3 Å². The number of benzene rings is 10. The highest BCUT2D eigenvalue weighted by molar-refractivity contribution is 6.23. The summed E-state index contributed by atoms with van der Waals surface area (Å²) in [6.45, 7) is 0. The first-order valence-electron chi connectivity index (χ1n) is 21.3. The van der Waals surface area contributed by atoms with Gasteiger partial charge in [0.1, 0.15) is 22.3 Å². The Morgan fingerprint density at radius 3 is 1.70 bits per heavy atom. The largest absolute Gasteiger partial charge is 0.456 e. The lowest BCUT2D eigenvalue weighted by Crippen LogP contribution is -1.92. The normalized spacial score (nSPS) is 13.2. The van der Waals surface area contributed by atoms with Crippen LogP contribution in [0.5, 0.6) is 0 Å². The first-order valence-corrected chi connectivity index (χ1v) is 18.8. The van der Waals surface area contributed by atoms with Crippen molar-refractivity contribution in [3.8, 4) is 44.5 Å². The standard InChI is InChI=1S/C54H32O2/c1-2-14-33(15-3-1)51-40-19-6-8-21-42(40)52(43-22-9-7-20-41(43)51)36-30-34-16-4-5-17-37(34)46(32-36)44-24-13-27-50-53(44)47-31-35(28-29-49(47)55-50)38-23-12-25-45-39-18-10-11-26-48(39)56-54(38)45/h1-32H/i1D,2D,3D,14D,15D. The molecule has 0 spiro atoms. The smallest absolute Gasteiger partial charge is 0.143 e. The van der Waals surface area contributed by atoms with Crippen molar-refractivity contribution in [2.24, 2.45) is 0 Å². The maximum atomic E-state index is 9.00. The number of para-hydroxylation sites is 2. The van der Waals surface area contributed by atoms with Crippen molar-refractivity contribution < 1.29 is 15.7 Å². The van der Waals surface area contributed by atoms with Gasteiger partial charge >= 0.3 is 0 Å². The Kier molecular flexibility index (Phi) is 5.67. The Bertz CT molecular complexity index is 3750. The quantitative estimate of drug-likeness (QED) is 0.169. The summed E-state index contributed by atoms with van der Waals surface area (Å²) < 4.78 is 56.5. The molecular formula is C54H32O2. The summed E-state index contributed by atoms with van der Waals surface area (Å²) >= 11 is 0. The van der Waals surface area contributed by atoms with Crippen molar-refractivity contribution in [2.45, 2.75) is 0 Å². The van der Waals surface area contributed by atoms with Crippen LogP contribution in [0.15, 0.2) is 203 Å². The minimum atomic E-state index is -0.409. The third kappa shape index (κ3) is 4.57. The predicted octanol–water partition coefficient (Wildman–Crippen LogP) is 15.6. The fourth-order valence-corrected chi connectivity index (χ4v) is 8.95. The van der Waals surface area contributed by atoms with Gasteiger partial charge in [-0.05, 0) is 108 Å². The molecule has 0 fully saturated rings. The molecule has 2 heterocycles. The molecule has 0 N–H and O–H groups in total. The second-order valence-electron chi connectivity index (χ2n) is 14.4. The molecule has 2 heteroatoms. The summed E-state index contributed by atoms with van der Waals surface area (Å²) in [6.07, 6.45) is 0. The van der Waals surface area contributed by atoms with E-state index < -0.39 is 6.04 Å². The predicted molar refractivity (Wildman–Crippen MR) is 235 cm³/mol.